The van der Waals surface area contributed by atoms with E-state index in [1.807, 2.05) is 0 Å². The molecule has 0 aromatic heterocycles. The quantitative estimate of drug-likeness (QED) is 0.0197. The van der Waals surface area contributed by atoms with Gasteiger partial charge in [-0.15, -0.1) is 0 Å². The van der Waals surface area contributed by atoms with Crippen LogP contribution in [0.5, 0.6) is 0 Å². The molecule has 0 aliphatic heterocycles. The molecule has 0 aliphatic carbocycles. The van der Waals surface area contributed by atoms with Crippen molar-refractivity contribution in [3.8, 4) is 0 Å². The van der Waals surface area contributed by atoms with Crippen LogP contribution in [0.3, 0.4) is 0 Å². The molecule has 476 valence electrons. The van der Waals surface area contributed by atoms with Gasteiger partial charge in [-0.3, -0.25) is 23.4 Å². The Bertz CT molecular complexity index is 1650. The van der Waals surface area contributed by atoms with E-state index in [2.05, 4.69) is 93.7 Å². The van der Waals surface area contributed by atoms with Crippen LogP contribution in [0.4, 0.5) is 0 Å². The van der Waals surface area contributed by atoms with E-state index in [1.54, 1.807) is 0 Å². The van der Waals surface area contributed by atoms with E-state index in [4.69, 9.17) is 23.3 Å². The molecule has 3 atom stereocenters. The molecule has 0 aliphatic rings. The predicted octanol–water partition coefficient (Wildman–Crippen LogP) is 20.8. The number of hydrogen-bond donors (Lipinski definition) is 2. The van der Waals surface area contributed by atoms with Crippen LogP contribution in [0.15, 0.2) is 72.9 Å². The van der Waals surface area contributed by atoms with Crippen molar-refractivity contribution in [3.63, 3.8) is 0 Å². The molecule has 12 heteroatoms. The first-order valence-electron chi connectivity index (χ1n) is 33.8. The first kappa shape index (κ1) is 78.9. The average Bonchev–Trinajstić information content (AvgIpc) is 3.47. The van der Waals surface area contributed by atoms with Gasteiger partial charge in [0.25, 0.3) is 0 Å². The fourth-order valence-corrected chi connectivity index (χ4v) is 10.3. The minimum atomic E-state index is -4.76. The molecule has 0 aromatic rings. The van der Waals surface area contributed by atoms with Crippen molar-refractivity contribution in [2.75, 3.05) is 26.4 Å². The summed E-state index contributed by atoms with van der Waals surface area (Å²) in [5.74, 6) is -1.49. The number of phosphoric acid groups is 1. The zero-order valence-electron chi connectivity index (χ0n) is 53.0. The van der Waals surface area contributed by atoms with Crippen LogP contribution in [-0.2, 0) is 42.2 Å². The summed E-state index contributed by atoms with van der Waals surface area (Å²) in [7, 11) is -4.76. The third-order valence-corrected chi connectivity index (χ3v) is 15.6. The second-order valence-corrected chi connectivity index (χ2v) is 24.1. The van der Waals surface area contributed by atoms with Crippen molar-refractivity contribution in [3.05, 3.63) is 72.9 Å². The van der Waals surface area contributed by atoms with Gasteiger partial charge >= 0.3 is 25.7 Å². The van der Waals surface area contributed by atoms with Crippen molar-refractivity contribution < 1.29 is 52.2 Å². The van der Waals surface area contributed by atoms with Crippen LogP contribution in [0.1, 0.15) is 316 Å². The van der Waals surface area contributed by atoms with Crippen LogP contribution in [0.2, 0.25) is 0 Å². The Morgan fingerprint density at radius 1 is 0.354 bits per heavy atom. The highest BCUT2D eigenvalue weighted by atomic mass is 31.2. The molecule has 82 heavy (non-hydrogen) atoms. The van der Waals surface area contributed by atoms with Crippen molar-refractivity contribution in [1.29, 1.82) is 0 Å². The lowest BCUT2D eigenvalue weighted by Crippen LogP contribution is -2.30. The number of ether oxygens (including phenoxy) is 3. The molecule has 0 aromatic carbocycles. The van der Waals surface area contributed by atoms with E-state index in [0.29, 0.717) is 19.3 Å². The highest BCUT2D eigenvalue weighted by molar-refractivity contribution is 7.47. The number of hydrogen-bond acceptors (Lipinski definition) is 10. The number of rotatable bonds is 63. The molecular weight excluding hydrogens is 1050 g/mol. The van der Waals surface area contributed by atoms with E-state index in [0.717, 1.165) is 96.3 Å². The number of carbonyl (C=O) groups is 3. The number of phosphoric ester groups is 1. The van der Waals surface area contributed by atoms with Crippen molar-refractivity contribution >= 4 is 25.7 Å². The van der Waals surface area contributed by atoms with E-state index >= 15 is 0 Å². The summed E-state index contributed by atoms with van der Waals surface area (Å²) in [6.07, 6.45) is 74.2. The largest absolute Gasteiger partial charge is 0.472 e. The van der Waals surface area contributed by atoms with Gasteiger partial charge in [-0.25, -0.2) is 4.57 Å². The van der Waals surface area contributed by atoms with Crippen LogP contribution in [0.25, 0.3) is 0 Å². The van der Waals surface area contributed by atoms with Crippen LogP contribution < -0.4 is 0 Å². The second-order valence-electron chi connectivity index (χ2n) is 22.6. The summed E-state index contributed by atoms with van der Waals surface area (Å²) in [6, 6.07) is 0. The molecule has 0 amide bonds. The fourth-order valence-electron chi connectivity index (χ4n) is 9.50. The molecule has 11 nitrogen and oxygen atoms in total. The van der Waals surface area contributed by atoms with Gasteiger partial charge in [0.2, 0.25) is 0 Å². The van der Waals surface area contributed by atoms with Gasteiger partial charge in [-0.2, -0.15) is 0 Å². The fraction of sp³-hybridized carbons (Fsp3) is 0.786. The third kappa shape index (κ3) is 61.5. The van der Waals surface area contributed by atoms with Crippen LogP contribution in [-0.4, -0.2) is 66.5 Å². The van der Waals surface area contributed by atoms with Gasteiger partial charge in [0.15, 0.2) is 6.10 Å². The zero-order valence-corrected chi connectivity index (χ0v) is 53.8. The Kier molecular flexibility index (Phi) is 61.5. The maximum Gasteiger partial charge on any atom is 0.472 e. The Morgan fingerprint density at radius 2 is 0.634 bits per heavy atom. The van der Waals surface area contributed by atoms with Crippen LogP contribution in [0, 0.1) is 0 Å². The average molecular weight is 1170 g/mol. The molecule has 3 unspecified atom stereocenters. The molecule has 0 bridgehead atoms. The van der Waals surface area contributed by atoms with E-state index in [-0.39, 0.29) is 25.9 Å². The lowest BCUT2D eigenvalue weighted by Gasteiger charge is -2.21. The van der Waals surface area contributed by atoms with Gasteiger partial charge in [0, 0.05) is 19.3 Å². The number of unbranched alkanes of at least 4 members (excludes halogenated alkanes) is 34. The van der Waals surface area contributed by atoms with Gasteiger partial charge in [-0.05, 0) is 89.9 Å². The highest BCUT2D eigenvalue weighted by Crippen LogP contribution is 2.43. The topological polar surface area (TPSA) is 155 Å². The lowest BCUT2D eigenvalue weighted by atomic mass is 10.0. The summed E-state index contributed by atoms with van der Waals surface area (Å²) in [5.41, 5.74) is 0. The Morgan fingerprint density at radius 3 is 1.00 bits per heavy atom. The number of allylic oxidation sites excluding steroid dienone is 12. The normalized spacial score (nSPS) is 13.7. The van der Waals surface area contributed by atoms with Gasteiger partial charge < -0.3 is 24.2 Å². The summed E-state index contributed by atoms with van der Waals surface area (Å²) in [5, 5.41) is 9.87. The number of esters is 3. The summed E-state index contributed by atoms with van der Waals surface area (Å²) in [6.45, 7) is 4.55. The molecule has 0 fully saturated rings. The van der Waals surface area contributed by atoms with Gasteiger partial charge in [0.1, 0.15) is 12.7 Å². The minimum absolute atomic E-state index is 0.162. The first-order chi connectivity index (χ1) is 40.2. The Labute approximate surface area is 503 Å². The molecule has 0 saturated carbocycles. The first-order valence-corrected chi connectivity index (χ1v) is 35.3. The van der Waals surface area contributed by atoms with E-state index < -0.39 is 57.8 Å². The maximum atomic E-state index is 13.0. The smallest absolute Gasteiger partial charge is 0.462 e. The maximum absolute atomic E-state index is 13.0. The monoisotopic (exact) mass is 1170 g/mol. The second kappa shape index (κ2) is 63.9. The van der Waals surface area contributed by atoms with E-state index in [1.165, 1.54) is 161 Å². The van der Waals surface area contributed by atoms with Crippen molar-refractivity contribution in [1.82, 2.24) is 0 Å². The standard InChI is InChI=1S/C70H125O11P/c1-4-7-10-13-16-19-22-25-28-31-33-36-38-41-44-47-50-53-56-59-68(72)77-63-67(81-70(74)61-58-55-52-49-46-43-40-37-34-32-29-26-23-20-17-14-11-8-5-2)65-79-82(75,76)78-64-66(62-71)80-69(73)60-57-54-51-48-45-42-39-35-30-27-24-21-18-15-12-9-6-3/h7,10,16,19,25,27-28,30,33,36,41,44,66-67,71H,4-6,8-9,11-15,17-18,20-24,26,29,31-32,34-35,37-40,42-43,45-65H2,1-3H3,(H,75,76)/b10-7-,19-16-,28-25-,30-27-,36-33-,44-41-. The molecule has 0 radical (unpaired) electrons. The summed E-state index contributed by atoms with van der Waals surface area (Å²) >= 11 is 0. The molecule has 0 saturated heterocycles. The Balaban J connectivity index is 4.72. The summed E-state index contributed by atoms with van der Waals surface area (Å²) < 4.78 is 39.7. The van der Waals surface area contributed by atoms with Gasteiger partial charge in [-0.1, -0.05) is 280 Å². The summed E-state index contributed by atoms with van der Waals surface area (Å²) in [4.78, 5) is 48.8. The van der Waals surface area contributed by atoms with E-state index in [9.17, 15) is 28.9 Å². The zero-order chi connectivity index (χ0) is 59.8. The van der Waals surface area contributed by atoms with Crippen LogP contribution >= 0.6 is 7.82 Å². The molecular formula is C70H125O11P. The number of aliphatic hydroxyl groups excluding tert-OH is 1. The molecule has 0 heterocycles. The minimum Gasteiger partial charge on any atom is -0.462 e. The predicted molar refractivity (Wildman–Crippen MR) is 344 cm³/mol. The number of aliphatic hydroxyl groups is 1. The van der Waals surface area contributed by atoms with Crippen molar-refractivity contribution in [2.24, 2.45) is 0 Å². The van der Waals surface area contributed by atoms with Gasteiger partial charge in [0.05, 0.1) is 19.8 Å². The Hall–Kier alpha value is -3.08. The van der Waals surface area contributed by atoms with Crippen molar-refractivity contribution in [2.45, 2.75) is 328 Å². The third-order valence-electron chi connectivity index (χ3n) is 14.6. The molecule has 0 spiro atoms. The molecule has 2 N–H and O–H groups in total. The molecule has 0 rings (SSSR count). The number of carbonyl (C=O) groups excluding carboxylic acids is 3. The highest BCUT2D eigenvalue weighted by Gasteiger charge is 2.28. The lowest BCUT2D eigenvalue weighted by molar-refractivity contribution is -0.161. The SMILES string of the molecule is CC/C=C\C/C=C\C/C=C\C/C=C\C/C=C\CCCCCC(=O)OCC(COP(=O)(O)OCC(CO)OC(=O)CCCCCCCCC/C=C\CCCCCCCC)OC(=O)CCCCCCCCCCCCCCCCCCCCC.